The van der Waals surface area contributed by atoms with Gasteiger partial charge in [0.05, 0.1) is 6.04 Å². The molecule has 2 N–H and O–H groups in total. The van der Waals surface area contributed by atoms with E-state index in [0.29, 0.717) is 0 Å². The monoisotopic (exact) mass is 190 g/mol. The van der Waals surface area contributed by atoms with Crippen molar-refractivity contribution < 1.29 is 4.79 Å². The summed E-state index contributed by atoms with van der Waals surface area (Å²) in [6, 6.07) is 8.30. The van der Waals surface area contributed by atoms with Gasteiger partial charge in [0.25, 0.3) is 0 Å². The summed E-state index contributed by atoms with van der Waals surface area (Å²) in [6.45, 7) is 2.05. The van der Waals surface area contributed by atoms with Crippen molar-refractivity contribution in [2.75, 3.05) is 7.05 Å². The van der Waals surface area contributed by atoms with E-state index < -0.39 is 0 Å². The van der Waals surface area contributed by atoms with Gasteiger partial charge in [-0.2, -0.15) is 0 Å². The highest BCUT2D eigenvalue weighted by Crippen LogP contribution is 2.40. The Labute approximate surface area is 83.5 Å². The second-order valence-electron chi connectivity index (χ2n) is 3.87. The van der Waals surface area contributed by atoms with Crippen molar-refractivity contribution in [1.82, 2.24) is 4.90 Å². The van der Waals surface area contributed by atoms with Gasteiger partial charge in [0, 0.05) is 0 Å². The van der Waals surface area contributed by atoms with Gasteiger partial charge in [0.2, 0.25) is 5.91 Å². The molecule has 2 rings (SSSR count). The molecule has 14 heavy (non-hydrogen) atoms. The molecule has 1 unspecified atom stereocenters. The van der Waals surface area contributed by atoms with E-state index in [-0.39, 0.29) is 18.0 Å². The zero-order chi connectivity index (χ0) is 10.3. The van der Waals surface area contributed by atoms with E-state index in [1.54, 1.807) is 0 Å². The molecule has 0 saturated carbocycles. The van der Waals surface area contributed by atoms with Crippen LogP contribution in [0.1, 0.15) is 17.2 Å². The zero-order valence-electron chi connectivity index (χ0n) is 8.40. The molecule has 3 nitrogen and oxygen atoms in total. The zero-order valence-corrected chi connectivity index (χ0v) is 8.40. The minimum Gasteiger partial charge on any atom is -0.368 e. The van der Waals surface area contributed by atoms with Crippen LogP contribution in [0.3, 0.4) is 0 Å². The molecular formula is C11H14N2O. The van der Waals surface area contributed by atoms with Crippen molar-refractivity contribution in [2.24, 2.45) is 5.73 Å². The van der Waals surface area contributed by atoms with Crippen LogP contribution < -0.4 is 5.73 Å². The number of nitrogens with zero attached hydrogens (tertiary/aromatic N) is 1. The van der Waals surface area contributed by atoms with Crippen LogP contribution in [-0.2, 0) is 4.79 Å². The molecule has 3 atom stereocenters. The number of hydrogen-bond donors (Lipinski definition) is 1. The smallest absolute Gasteiger partial charge is 0.236 e. The number of amides is 1. The predicted molar refractivity (Wildman–Crippen MR) is 54.7 cm³/mol. The molecular weight excluding hydrogens is 176 g/mol. The Bertz CT molecular complexity index is 358. The Morgan fingerprint density at radius 3 is 2.36 bits per heavy atom. The number of hydrogen-bond acceptors (Lipinski definition) is 2. The third-order valence-electron chi connectivity index (χ3n) is 2.80. The van der Waals surface area contributed by atoms with Crippen molar-refractivity contribution in [2.45, 2.75) is 19.0 Å². The molecule has 1 aliphatic heterocycles. The van der Waals surface area contributed by atoms with Gasteiger partial charge < -0.3 is 5.73 Å². The molecule has 1 aromatic carbocycles. The number of benzene rings is 1. The molecule has 3 heteroatoms. The van der Waals surface area contributed by atoms with Crippen LogP contribution in [0.2, 0.25) is 0 Å². The van der Waals surface area contributed by atoms with Gasteiger partial charge in [-0.3, -0.25) is 9.69 Å². The van der Waals surface area contributed by atoms with Crippen LogP contribution in [0.4, 0.5) is 0 Å². The Balaban J connectivity index is 2.19. The van der Waals surface area contributed by atoms with Crippen molar-refractivity contribution in [3.8, 4) is 0 Å². The van der Waals surface area contributed by atoms with Crippen LogP contribution in [0.25, 0.3) is 0 Å². The summed E-state index contributed by atoms with van der Waals surface area (Å²) < 4.78 is 0. The second-order valence-corrected chi connectivity index (χ2v) is 3.87. The Kier molecular flexibility index (Phi) is 2.04. The van der Waals surface area contributed by atoms with E-state index in [0.717, 1.165) is 0 Å². The molecule has 0 aliphatic carbocycles. The minimum atomic E-state index is -0.238. The van der Waals surface area contributed by atoms with Gasteiger partial charge in [-0.25, -0.2) is 0 Å². The first-order valence-electron chi connectivity index (χ1n) is 4.69. The lowest BCUT2D eigenvalue weighted by Gasteiger charge is -1.98. The summed E-state index contributed by atoms with van der Waals surface area (Å²) >= 11 is 0. The summed E-state index contributed by atoms with van der Waals surface area (Å²) in [6.07, 6.45) is 0. The molecule has 0 spiro atoms. The lowest BCUT2D eigenvalue weighted by molar-refractivity contribution is -0.118. The van der Waals surface area contributed by atoms with E-state index in [4.69, 9.17) is 5.73 Å². The number of primary amides is 1. The van der Waals surface area contributed by atoms with Crippen molar-refractivity contribution in [1.29, 1.82) is 0 Å². The van der Waals surface area contributed by atoms with E-state index in [9.17, 15) is 4.79 Å². The van der Waals surface area contributed by atoms with E-state index >= 15 is 0 Å². The highest BCUT2D eigenvalue weighted by molar-refractivity contribution is 5.84. The van der Waals surface area contributed by atoms with Gasteiger partial charge >= 0.3 is 0 Å². The molecule has 74 valence electrons. The van der Waals surface area contributed by atoms with Crippen molar-refractivity contribution in [3.63, 3.8) is 0 Å². The summed E-state index contributed by atoms with van der Waals surface area (Å²) in [5.74, 6) is -0.238. The minimum absolute atomic E-state index is 0.113. The van der Waals surface area contributed by atoms with Crippen LogP contribution in [0, 0.1) is 6.92 Å². The quantitative estimate of drug-likeness (QED) is 0.702. The summed E-state index contributed by atoms with van der Waals surface area (Å²) in [5.41, 5.74) is 7.66. The molecule has 1 amide bonds. The standard InChI is InChI=1S/C11H14N2O/c1-7-3-5-8(6-4-7)9-10(11(12)14)13(9)2/h3-6,9-10H,1-2H3,(H2,12,14)/t9-,10+,13?/m0/s1. The average molecular weight is 190 g/mol. The van der Waals surface area contributed by atoms with Crippen LogP contribution in [-0.4, -0.2) is 23.9 Å². The normalized spacial score (nSPS) is 30.0. The summed E-state index contributed by atoms with van der Waals surface area (Å²) in [4.78, 5) is 13.0. The van der Waals surface area contributed by atoms with Gasteiger partial charge in [0.15, 0.2) is 0 Å². The van der Waals surface area contributed by atoms with Crippen molar-refractivity contribution in [3.05, 3.63) is 35.4 Å². The Morgan fingerprint density at radius 1 is 1.36 bits per heavy atom. The molecule has 1 aromatic rings. The first-order valence-corrected chi connectivity index (χ1v) is 4.69. The maximum absolute atomic E-state index is 11.0. The van der Waals surface area contributed by atoms with Gasteiger partial charge in [-0.05, 0) is 19.5 Å². The summed E-state index contributed by atoms with van der Waals surface area (Å²) in [7, 11) is 1.92. The number of aryl methyl sites for hydroxylation is 1. The van der Waals surface area contributed by atoms with Gasteiger partial charge in [-0.15, -0.1) is 0 Å². The topological polar surface area (TPSA) is 46.1 Å². The average Bonchev–Trinajstić information content (AvgIpc) is 2.79. The fraction of sp³-hybridized carbons (Fsp3) is 0.364. The fourth-order valence-corrected chi connectivity index (χ4v) is 1.88. The lowest BCUT2D eigenvalue weighted by Crippen LogP contribution is -2.20. The highest BCUT2D eigenvalue weighted by atomic mass is 16.1. The van der Waals surface area contributed by atoms with Gasteiger partial charge in [0.1, 0.15) is 6.04 Å². The van der Waals surface area contributed by atoms with E-state index in [1.807, 2.05) is 18.9 Å². The SMILES string of the molecule is Cc1ccc([C@H]2[C@H](C(N)=O)N2C)cc1. The number of carbonyl (C=O) groups excluding carboxylic acids is 1. The second kappa shape index (κ2) is 3.10. The third-order valence-corrected chi connectivity index (χ3v) is 2.80. The summed E-state index contributed by atoms with van der Waals surface area (Å²) in [5, 5.41) is 0. The Hall–Kier alpha value is -1.35. The lowest BCUT2D eigenvalue weighted by atomic mass is 10.1. The third kappa shape index (κ3) is 1.40. The molecule has 1 fully saturated rings. The van der Waals surface area contributed by atoms with Crippen molar-refractivity contribution >= 4 is 5.91 Å². The maximum Gasteiger partial charge on any atom is 0.236 e. The first kappa shape index (κ1) is 9.21. The van der Waals surface area contributed by atoms with Crippen LogP contribution in [0.15, 0.2) is 24.3 Å². The fourth-order valence-electron chi connectivity index (χ4n) is 1.88. The molecule has 0 aromatic heterocycles. The molecule has 0 radical (unpaired) electrons. The number of carbonyl (C=O) groups is 1. The molecule has 0 bridgehead atoms. The number of rotatable bonds is 2. The molecule has 1 aliphatic rings. The number of nitrogens with two attached hydrogens (primary N) is 1. The first-order chi connectivity index (χ1) is 6.61. The predicted octanol–water partition coefficient (Wildman–Crippen LogP) is 0.835. The van der Waals surface area contributed by atoms with Crippen LogP contribution in [0.5, 0.6) is 0 Å². The highest BCUT2D eigenvalue weighted by Gasteiger charge is 2.49. The maximum atomic E-state index is 11.0. The Morgan fingerprint density at radius 2 is 1.93 bits per heavy atom. The number of likely N-dealkylation sites (N-methyl/N-ethyl adjacent to an activating group) is 1. The largest absolute Gasteiger partial charge is 0.368 e. The van der Waals surface area contributed by atoms with Crippen LogP contribution >= 0.6 is 0 Å². The van der Waals surface area contributed by atoms with Gasteiger partial charge in [-0.1, -0.05) is 29.8 Å². The van der Waals surface area contributed by atoms with E-state index in [2.05, 4.69) is 24.3 Å². The molecule has 1 saturated heterocycles. The van der Waals surface area contributed by atoms with E-state index in [1.165, 1.54) is 11.1 Å². The molecule has 1 heterocycles.